The molecule has 0 aliphatic heterocycles. The second-order valence-corrected chi connectivity index (χ2v) is 2.31. The van der Waals surface area contributed by atoms with Gasteiger partial charge in [0.05, 0.1) is 0 Å². The van der Waals surface area contributed by atoms with Crippen molar-refractivity contribution in [2.24, 2.45) is 0 Å². The lowest BCUT2D eigenvalue weighted by Gasteiger charge is -1.89. The van der Waals surface area contributed by atoms with Crippen molar-refractivity contribution in [3.63, 3.8) is 0 Å². The molecule has 0 aromatic rings. The molecule has 0 aromatic heterocycles. The molecular weight excluding hydrogens is 212 g/mol. The van der Waals surface area contributed by atoms with Crippen LogP contribution in [0.5, 0.6) is 0 Å². The Morgan fingerprint density at radius 1 is 1.07 bits per heavy atom. The largest absolute Gasteiger partial charge is 0.481 e. The van der Waals surface area contributed by atoms with Crippen molar-refractivity contribution in [1.29, 1.82) is 0 Å². The van der Waals surface area contributed by atoms with E-state index in [1.54, 1.807) is 0 Å². The SMILES string of the molecule is CC(O)C(=O)O.O=C(O)CC(=O)C(=O)O. The lowest BCUT2D eigenvalue weighted by atomic mass is 10.3. The summed E-state index contributed by atoms with van der Waals surface area (Å²) in [5, 5.41) is 31.4. The molecule has 0 aromatic carbocycles. The Bertz CT molecular complexity index is 266. The van der Waals surface area contributed by atoms with Crippen molar-refractivity contribution >= 4 is 23.7 Å². The van der Waals surface area contributed by atoms with Crippen LogP contribution < -0.4 is 0 Å². The Morgan fingerprint density at radius 3 is 1.47 bits per heavy atom. The summed E-state index contributed by atoms with van der Waals surface area (Å²) in [5.41, 5.74) is 0. The second-order valence-electron chi connectivity index (χ2n) is 2.31. The summed E-state index contributed by atoms with van der Waals surface area (Å²) in [6, 6.07) is 0. The standard InChI is InChI=1S/C4H4O5.C3H6O3/c5-2(4(8)9)1-3(6)7;1-2(4)3(5)6/h1H2,(H,6,7)(H,8,9);2,4H,1H3,(H,5,6). The maximum Gasteiger partial charge on any atom is 0.372 e. The highest BCUT2D eigenvalue weighted by Gasteiger charge is 2.14. The van der Waals surface area contributed by atoms with Gasteiger partial charge in [0, 0.05) is 0 Å². The van der Waals surface area contributed by atoms with Gasteiger partial charge in [0.2, 0.25) is 0 Å². The van der Waals surface area contributed by atoms with Crippen molar-refractivity contribution in [2.45, 2.75) is 19.4 Å². The fraction of sp³-hybridized carbons (Fsp3) is 0.429. The van der Waals surface area contributed by atoms with E-state index in [-0.39, 0.29) is 0 Å². The Morgan fingerprint density at radius 2 is 1.40 bits per heavy atom. The summed E-state index contributed by atoms with van der Waals surface area (Å²) in [7, 11) is 0. The molecule has 0 bridgehead atoms. The van der Waals surface area contributed by atoms with Crippen LogP contribution in [0, 0.1) is 0 Å². The van der Waals surface area contributed by atoms with Gasteiger partial charge in [-0.1, -0.05) is 0 Å². The van der Waals surface area contributed by atoms with Gasteiger partial charge in [-0.15, -0.1) is 0 Å². The van der Waals surface area contributed by atoms with Crippen LogP contribution in [0.4, 0.5) is 0 Å². The zero-order valence-corrected chi connectivity index (χ0v) is 7.71. The monoisotopic (exact) mass is 222 g/mol. The summed E-state index contributed by atoms with van der Waals surface area (Å²) in [6.45, 7) is 1.20. The van der Waals surface area contributed by atoms with E-state index in [4.69, 9.17) is 20.4 Å². The Labute approximate surface area is 83.8 Å². The van der Waals surface area contributed by atoms with Gasteiger partial charge in [0.1, 0.15) is 12.5 Å². The first kappa shape index (κ1) is 15.5. The van der Waals surface area contributed by atoms with Crippen LogP contribution in [-0.2, 0) is 19.2 Å². The van der Waals surface area contributed by atoms with Crippen LogP contribution in [0.15, 0.2) is 0 Å². The highest BCUT2D eigenvalue weighted by atomic mass is 16.4. The number of aliphatic carboxylic acids is 3. The first-order chi connectivity index (χ1) is 6.68. The highest BCUT2D eigenvalue weighted by molar-refractivity contribution is 6.35. The quantitative estimate of drug-likeness (QED) is 0.334. The molecule has 0 radical (unpaired) electrons. The summed E-state index contributed by atoms with van der Waals surface area (Å²) in [5.74, 6) is -5.63. The highest BCUT2D eigenvalue weighted by Crippen LogP contribution is 1.81. The van der Waals surface area contributed by atoms with Crippen molar-refractivity contribution in [2.75, 3.05) is 0 Å². The first-order valence-corrected chi connectivity index (χ1v) is 3.57. The van der Waals surface area contributed by atoms with Gasteiger partial charge in [0.15, 0.2) is 0 Å². The lowest BCUT2D eigenvalue weighted by Crippen LogP contribution is -2.16. The minimum Gasteiger partial charge on any atom is -0.481 e. The summed E-state index contributed by atoms with van der Waals surface area (Å²) in [4.78, 5) is 38.7. The molecular formula is C7H10O8. The number of hydrogen-bond acceptors (Lipinski definition) is 5. The first-order valence-electron chi connectivity index (χ1n) is 3.57. The van der Waals surface area contributed by atoms with E-state index in [0.29, 0.717) is 0 Å². The number of hydrogen-bond donors (Lipinski definition) is 4. The van der Waals surface area contributed by atoms with Crippen LogP contribution in [0.25, 0.3) is 0 Å². The number of carbonyl (C=O) groups excluding carboxylic acids is 1. The van der Waals surface area contributed by atoms with E-state index in [0.717, 1.165) is 0 Å². The van der Waals surface area contributed by atoms with Gasteiger partial charge in [0.25, 0.3) is 5.78 Å². The van der Waals surface area contributed by atoms with E-state index < -0.39 is 36.2 Å². The van der Waals surface area contributed by atoms with Gasteiger partial charge < -0.3 is 20.4 Å². The van der Waals surface area contributed by atoms with Crippen LogP contribution in [0.1, 0.15) is 13.3 Å². The van der Waals surface area contributed by atoms with Crippen LogP contribution >= 0.6 is 0 Å². The molecule has 0 aliphatic rings. The maximum atomic E-state index is 9.97. The number of aliphatic hydroxyl groups is 1. The predicted octanol–water partition coefficient (Wildman–Crippen LogP) is -1.43. The molecule has 0 saturated carbocycles. The number of carboxylic acid groups (broad SMARTS) is 3. The molecule has 0 amide bonds. The van der Waals surface area contributed by atoms with Crippen LogP contribution in [0.3, 0.4) is 0 Å². The zero-order valence-electron chi connectivity index (χ0n) is 7.71. The van der Waals surface area contributed by atoms with Crippen molar-refractivity contribution in [3.05, 3.63) is 0 Å². The number of Topliss-reactive ketones (excluding diaryl/α,β-unsaturated/α-hetero) is 1. The van der Waals surface area contributed by atoms with Crippen molar-refractivity contribution < 1.29 is 39.6 Å². The van der Waals surface area contributed by atoms with Gasteiger partial charge in [-0.3, -0.25) is 9.59 Å². The molecule has 0 fully saturated rings. The molecule has 86 valence electrons. The maximum absolute atomic E-state index is 9.97. The molecule has 0 saturated heterocycles. The molecule has 8 nitrogen and oxygen atoms in total. The topological polar surface area (TPSA) is 149 Å². The number of carboxylic acids is 3. The Hall–Kier alpha value is -1.96. The third kappa shape index (κ3) is 12.0. The molecule has 0 heterocycles. The summed E-state index contributed by atoms with van der Waals surface area (Å²) in [6.07, 6.45) is -2.18. The smallest absolute Gasteiger partial charge is 0.372 e. The zero-order chi connectivity index (χ0) is 12.6. The molecule has 4 N–H and O–H groups in total. The Balaban J connectivity index is 0. The molecule has 15 heavy (non-hydrogen) atoms. The third-order valence-corrected chi connectivity index (χ3v) is 0.908. The van der Waals surface area contributed by atoms with Gasteiger partial charge in [-0.25, -0.2) is 9.59 Å². The molecule has 0 spiro atoms. The summed E-state index contributed by atoms with van der Waals surface area (Å²) >= 11 is 0. The second kappa shape index (κ2) is 7.44. The van der Waals surface area contributed by atoms with E-state index in [2.05, 4.69) is 0 Å². The lowest BCUT2D eigenvalue weighted by molar-refractivity contribution is -0.152. The molecule has 1 unspecified atom stereocenters. The van der Waals surface area contributed by atoms with Gasteiger partial charge in [-0.05, 0) is 6.92 Å². The van der Waals surface area contributed by atoms with E-state index in [9.17, 15) is 19.2 Å². The molecule has 1 atom stereocenters. The van der Waals surface area contributed by atoms with E-state index in [1.807, 2.05) is 0 Å². The van der Waals surface area contributed by atoms with E-state index in [1.165, 1.54) is 6.92 Å². The Kier molecular flexibility index (Phi) is 7.70. The fourth-order valence-corrected chi connectivity index (χ4v) is 0.213. The fourth-order valence-electron chi connectivity index (χ4n) is 0.213. The minimum absolute atomic E-state index is 0.949. The van der Waals surface area contributed by atoms with Gasteiger partial charge in [-0.2, -0.15) is 0 Å². The van der Waals surface area contributed by atoms with Gasteiger partial charge >= 0.3 is 17.9 Å². The molecule has 0 aliphatic carbocycles. The van der Waals surface area contributed by atoms with Crippen molar-refractivity contribution in [3.8, 4) is 0 Å². The summed E-state index contributed by atoms with van der Waals surface area (Å²) < 4.78 is 0. The molecule has 8 heteroatoms. The van der Waals surface area contributed by atoms with Crippen LogP contribution in [-0.4, -0.2) is 50.2 Å². The normalized spacial score (nSPS) is 10.5. The predicted molar refractivity (Wildman–Crippen MR) is 44.2 cm³/mol. The molecule has 0 rings (SSSR count). The number of rotatable bonds is 4. The number of aliphatic hydroxyl groups excluding tert-OH is 1. The average molecular weight is 222 g/mol. The van der Waals surface area contributed by atoms with Crippen molar-refractivity contribution in [1.82, 2.24) is 0 Å². The number of ketones is 1. The third-order valence-electron chi connectivity index (χ3n) is 0.908. The van der Waals surface area contributed by atoms with E-state index >= 15 is 0 Å². The average Bonchev–Trinajstić information content (AvgIpc) is 2.03. The van der Waals surface area contributed by atoms with Crippen LogP contribution in [0.2, 0.25) is 0 Å². The number of carbonyl (C=O) groups is 4. The minimum atomic E-state index is -1.71.